The first-order valence-electron chi connectivity index (χ1n) is 12.9. The van der Waals surface area contributed by atoms with Gasteiger partial charge in [0.2, 0.25) is 5.82 Å². The lowest BCUT2D eigenvalue weighted by Gasteiger charge is -2.35. The molecular formula is C31H30N4O2. The number of fused-ring (bicyclic) bond motifs is 1. The molecule has 1 aliphatic heterocycles. The third kappa shape index (κ3) is 4.22. The molecule has 6 rings (SSSR count). The van der Waals surface area contributed by atoms with E-state index < -0.39 is 6.04 Å². The Bertz CT molecular complexity index is 1500. The predicted octanol–water partition coefficient (Wildman–Crippen LogP) is 6.80. The molecule has 1 aromatic heterocycles. The van der Waals surface area contributed by atoms with E-state index in [-0.39, 0.29) is 6.03 Å². The van der Waals surface area contributed by atoms with Crippen LogP contribution in [0.4, 0.5) is 10.5 Å². The normalized spacial score (nSPS) is 17.2. The average molecular weight is 491 g/mol. The quantitative estimate of drug-likeness (QED) is 0.334. The number of hydrogen-bond donors (Lipinski definition) is 1. The Morgan fingerprint density at radius 2 is 1.73 bits per heavy atom. The van der Waals surface area contributed by atoms with Gasteiger partial charge in [-0.05, 0) is 73.9 Å². The van der Waals surface area contributed by atoms with Crippen molar-refractivity contribution >= 4 is 17.3 Å². The zero-order valence-corrected chi connectivity index (χ0v) is 21.4. The van der Waals surface area contributed by atoms with E-state index in [2.05, 4.69) is 53.8 Å². The SMILES string of the molecule is CCc1ccc(C2NC(=O)N(c3ccc4c(c3)CCC4)C(C)=C2c2nc(-c3ccc(C)cc3)no2)cc1. The number of urea groups is 1. The maximum Gasteiger partial charge on any atom is 0.326 e. The molecule has 0 bridgehead atoms. The van der Waals surface area contributed by atoms with E-state index in [0.29, 0.717) is 11.7 Å². The molecule has 186 valence electrons. The van der Waals surface area contributed by atoms with Crippen molar-refractivity contribution in [3.05, 3.63) is 106 Å². The van der Waals surface area contributed by atoms with Crippen LogP contribution in [0.2, 0.25) is 0 Å². The van der Waals surface area contributed by atoms with Gasteiger partial charge in [-0.25, -0.2) is 4.79 Å². The number of aromatic nitrogens is 2. The minimum Gasteiger partial charge on any atom is -0.334 e. The van der Waals surface area contributed by atoms with E-state index in [1.807, 2.05) is 44.2 Å². The minimum atomic E-state index is -0.407. The molecule has 2 heterocycles. The van der Waals surface area contributed by atoms with Gasteiger partial charge >= 0.3 is 6.03 Å². The maximum atomic E-state index is 13.6. The molecule has 1 N–H and O–H groups in total. The number of anilines is 1. The minimum absolute atomic E-state index is 0.165. The highest BCUT2D eigenvalue weighted by Gasteiger charge is 2.36. The van der Waals surface area contributed by atoms with Crippen molar-refractivity contribution in [2.75, 3.05) is 4.90 Å². The smallest absolute Gasteiger partial charge is 0.326 e. The number of hydrogen-bond acceptors (Lipinski definition) is 4. The van der Waals surface area contributed by atoms with Crippen LogP contribution in [-0.2, 0) is 19.3 Å². The first-order chi connectivity index (χ1) is 18.0. The van der Waals surface area contributed by atoms with E-state index in [9.17, 15) is 4.79 Å². The van der Waals surface area contributed by atoms with Crippen LogP contribution in [0.1, 0.15) is 60.0 Å². The lowest BCUT2D eigenvalue weighted by atomic mass is 9.93. The molecule has 0 radical (unpaired) electrons. The summed E-state index contributed by atoms with van der Waals surface area (Å²) < 4.78 is 5.85. The highest BCUT2D eigenvalue weighted by Crippen LogP contribution is 2.40. The standard InChI is InChI=1S/C31H30N4O2/c1-4-21-10-14-23(15-11-21)28-27(30-33-29(34-37-30)24-12-8-19(2)9-13-24)20(3)35(31(36)32-28)26-17-16-22-6-5-7-25(22)18-26/h8-18,28H,4-7H2,1-3H3,(H,32,36). The molecule has 0 saturated heterocycles. The molecule has 1 atom stereocenters. The number of aryl methyl sites for hydroxylation is 4. The van der Waals surface area contributed by atoms with Gasteiger partial charge in [-0.1, -0.05) is 72.2 Å². The molecule has 0 spiro atoms. The van der Waals surface area contributed by atoms with Crippen LogP contribution in [0.5, 0.6) is 0 Å². The summed E-state index contributed by atoms with van der Waals surface area (Å²) in [7, 11) is 0. The van der Waals surface area contributed by atoms with Crippen molar-refractivity contribution in [2.45, 2.75) is 52.5 Å². The van der Waals surface area contributed by atoms with Crippen LogP contribution in [-0.4, -0.2) is 16.2 Å². The zero-order valence-electron chi connectivity index (χ0n) is 21.4. The number of benzene rings is 3. The second kappa shape index (κ2) is 9.36. The fourth-order valence-corrected chi connectivity index (χ4v) is 5.38. The van der Waals surface area contributed by atoms with Crippen molar-refractivity contribution in [3.8, 4) is 11.4 Å². The second-order valence-corrected chi connectivity index (χ2v) is 9.91. The number of nitrogens with one attached hydrogen (secondary N) is 1. The monoisotopic (exact) mass is 490 g/mol. The molecule has 0 fully saturated rings. The highest BCUT2D eigenvalue weighted by atomic mass is 16.5. The molecule has 37 heavy (non-hydrogen) atoms. The zero-order chi connectivity index (χ0) is 25.5. The van der Waals surface area contributed by atoms with Gasteiger partial charge in [-0.2, -0.15) is 4.98 Å². The Hall–Kier alpha value is -4.19. The summed E-state index contributed by atoms with van der Waals surface area (Å²) >= 11 is 0. The summed E-state index contributed by atoms with van der Waals surface area (Å²) in [6.45, 7) is 6.14. The van der Waals surface area contributed by atoms with Crippen LogP contribution in [0.25, 0.3) is 17.0 Å². The largest absolute Gasteiger partial charge is 0.334 e. The van der Waals surface area contributed by atoms with Crippen LogP contribution >= 0.6 is 0 Å². The molecule has 4 aromatic rings. The van der Waals surface area contributed by atoms with Gasteiger partial charge in [0.15, 0.2) is 0 Å². The molecule has 6 nitrogen and oxygen atoms in total. The number of allylic oxidation sites excluding steroid dienone is 1. The van der Waals surface area contributed by atoms with Crippen LogP contribution in [0, 0.1) is 6.92 Å². The Morgan fingerprint density at radius 1 is 0.973 bits per heavy atom. The average Bonchev–Trinajstić information content (AvgIpc) is 3.59. The van der Waals surface area contributed by atoms with Gasteiger partial charge in [-0.3, -0.25) is 4.90 Å². The van der Waals surface area contributed by atoms with E-state index in [4.69, 9.17) is 9.51 Å². The van der Waals surface area contributed by atoms with Crippen molar-refractivity contribution in [1.29, 1.82) is 0 Å². The Balaban J connectivity index is 1.47. The van der Waals surface area contributed by atoms with E-state index in [0.717, 1.165) is 53.8 Å². The summed E-state index contributed by atoms with van der Waals surface area (Å²) in [6.07, 6.45) is 4.26. The summed E-state index contributed by atoms with van der Waals surface area (Å²) in [5.41, 5.74) is 9.40. The lowest BCUT2D eigenvalue weighted by molar-refractivity contribution is 0.244. The summed E-state index contributed by atoms with van der Waals surface area (Å²) in [4.78, 5) is 20.1. The first kappa shape index (κ1) is 23.2. The number of carbonyl (C=O) groups excluding carboxylic acids is 1. The van der Waals surface area contributed by atoms with Crippen molar-refractivity contribution in [2.24, 2.45) is 0 Å². The fourth-order valence-electron chi connectivity index (χ4n) is 5.38. The molecule has 1 unspecified atom stereocenters. The number of rotatable bonds is 5. The van der Waals surface area contributed by atoms with Crippen molar-refractivity contribution in [1.82, 2.24) is 15.5 Å². The number of amides is 2. The van der Waals surface area contributed by atoms with E-state index in [1.165, 1.54) is 22.3 Å². The summed E-state index contributed by atoms with van der Waals surface area (Å²) in [5.74, 6) is 0.931. The molecule has 2 aliphatic rings. The van der Waals surface area contributed by atoms with Crippen LogP contribution in [0.15, 0.2) is 77.0 Å². The van der Waals surface area contributed by atoms with E-state index >= 15 is 0 Å². The van der Waals surface area contributed by atoms with Crippen LogP contribution < -0.4 is 10.2 Å². The van der Waals surface area contributed by atoms with Crippen LogP contribution in [0.3, 0.4) is 0 Å². The second-order valence-electron chi connectivity index (χ2n) is 9.91. The van der Waals surface area contributed by atoms with Gasteiger partial charge in [0, 0.05) is 11.3 Å². The molecule has 2 amide bonds. The molecule has 3 aromatic carbocycles. The molecule has 6 heteroatoms. The number of carbonyl (C=O) groups is 1. The Labute approximate surface area is 217 Å². The first-order valence-corrected chi connectivity index (χ1v) is 12.9. The topological polar surface area (TPSA) is 71.3 Å². The molecular weight excluding hydrogens is 460 g/mol. The number of nitrogens with zero attached hydrogens (tertiary/aromatic N) is 3. The van der Waals surface area contributed by atoms with Gasteiger partial charge < -0.3 is 9.84 Å². The van der Waals surface area contributed by atoms with Crippen molar-refractivity contribution in [3.63, 3.8) is 0 Å². The maximum absolute atomic E-state index is 13.6. The summed E-state index contributed by atoms with van der Waals surface area (Å²) in [6, 6.07) is 22.1. The Morgan fingerprint density at radius 3 is 2.49 bits per heavy atom. The Kier molecular flexibility index (Phi) is 5.87. The molecule has 0 saturated carbocycles. The summed E-state index contributed by atoms with van der Waals surface area (Å²) in [5, 5.41) is 7.52. The van der Waals surface area contributed by atoms with Gasteiger partial charge in [0.25, 0.3) is 5.89 Å². The lowest BCUT2D eigenvalue weighted by Crippen LogP contribution is -2.46. The third-order valence-corrected chi connectivity index (χ3v) is 7.51. The third-order valence-electron chi connectivity index (χ3n) is 7.51. The van der Waals surface area contributed by atoms with E-state index in [1.54, 1.807) is 4.90 Å². The van der Waals surface area contributed by atoms with Crippen molar-refractivity contribution < 1.29 is 9.32 Å². The van der Waals surface area contributed by atoms with Gasteiger partial charge in [0.05, 0.1) is 17.3 Å². The van der Waals surface area contributed by atoms with Gasteiger partial charge in [-0.15, -0.1) is 0 Å². The molecule has 1 aliphatic carbocycles. The highest BCUT2D eigenvalue weighted by molar-refractivity contribution is 6.01. The predicted molar refractivity (Wildman–Crippen MR) is 145 cm³/mol. The van der Waals surface area contributed by atoms with Gasteiger partial charge in [0.1, 0.15) is 0 Å². The fraction of sp³-hybridized carbons (Fsp3) is 0.258.